The van der Waals surface area contributed by atoms with E-state index in [4.69, 9.17) is 4.42 Å². The van der Waals surface area contributed by atoms with Crippen molar-refractivity contribution in [3.63, 3.8) is 0 Å². The first kappa shape index (κ1) is 20.4. The molecule has 4 rings (SSSR count). The summed E-state index contributed by atoms with van der Waals surface area (Å²) in [6.45, 7) is 2.32. The number of benzene rings is 2. The van der Waals surface area contributed by atoms with Gasteiger partial charge in [-0.05, 0) is 42.7 Å². The molecule has 30 heavy (non-hydrogen) atoms. The normalized spacial score (nSPS) is 14.4. The zero-order valence-corrected chi connectivity index (χ0v) is 17.5. The standard InChI is InChI=1S/C23H24N2O4S/c1-2-21-20(19-5-3-4-6-22(19)29-21)13-14-23(26)24-15-16-7-11-18(12-8-16)30(27,28)25-17-9-10-17/h3-8,11-14,17,25H,2,9-10,15H2,1H3,(H,24,26)/b14-13+. The Morgan fingerprint density at radius 2 is 1.87 bits per heavy atom. The van der Waals surface area contributed by atoms with Crippen molar-refractivity contribution in [3.05, 3.63) is 71.5 Å². The maximum atomic E-state index is 12.3. The molecule has 1 heterocycles. The molecule has 7 heteroatoms. The van der Waals surface area contributed by atoms with E-state index in [1.54, 1.807) is 30.3 Å². The number of rotatable bonds is 8. The summed E-state index contributed by atoms with van der Waals surface area (Å²) in [7, 11) is -3.46. The Bertz CT molecular complexity index is 1190. The first-order chi connectivity index (χ1) is 14.5. The van der Waals surface area contributed by atoms with E-state index in [-0.39, 0.29) is 16.8 Å². The smallest absolute Gasteiger partial charge is 0.244 e. The summed E-state index contributed by atoms with van der Waals surface area (Å²) < 4.78 is 32.9. The van der Waals surface area contributed by atoms with Gasteiger partial charge >= 0.3 is 0 Å². The predicted molar refractivity (Wildman–Crippen MR) is 116 cm³/mol. The molecule has 1 aliphatic rings. The monoisotopic (exact) mass is 424 g/mol. The summed E-state index contributed by atoms with van der Waals surface area (Å²) >= 11 is 0. The lowest BCUT2D eigenvalue weighted by molar-refractivity contribution is -0.116. The van der Waals surface area contributed by atoms with E-state index in [9.17, 15) is 13.2 Å². The third-order valence-corrected chi connectivity index (χ3v) is 6.57. The van der Waals surface area contributed by atoms with Crippen LogP contribution in [0.5, 0.6) is 0 Å². The molecular weight excluding hydrogens is 400 g/mol. The molecule has 1 saturated carbocycles. The minimum absolute atomic E-state index is 0.0707. The number of sulfonamides is 1. The predicted octanol–water partition coefficient (Wildman–Crippen LogP) is 3.77. The second-order valence-corrected chi connectivity index (χ2v) is 9.09. The van der Waals surface area contributed by atoms with Crippen molar-refractivity contribution in [1.82, 2.24) is 10.0 Å². The fourth-order valence-electron chi connectivity index (χ4n) is 3.24. The third kappa shape index (κ3) is 4.63. The number of amides is 1. The second kappa shape index (κ2) is 8.45. The molecule has 1 aliphatic carbocycles. The number of carbonyl (C=O) groups is 1. The van der Waals surface area contributed by atoms with Gasteiger partial charge in [-0.3, -0.25) is 4.79 Å². The molecule has 0 saturated heterocycles. The lowest BCUT2D eigenvalue weighted by Crippen LogP contribution is -2.25. The van der Waals surface area contributed by atoms with E-state index in [1.165, 1.54) is 6.08 Å². The van der Waals surface area contributed by atoms with Gasteiger partial charge in [0, 0.05) is 36.0 Å². The van der Waals surface area contributed by atoms with Crippen LogP contribution < -0.4 is 10.0 Å². The number of furan rings is 1. The van der Waals surface area contributed by atoms with Crippen LogP contribution in [0, 0.1) is 0 Å². The second-order valence-electron chi connectivity index (χ2n) is 7.38. The number of carbonyl (C=O) groups excluding carboxylic acids is 1. The van der Waals surface area contributed by atoms with Crippen LogP contribution in [0.3, 0.4) is 0 Å². The molecule has 0 aliphatic heterocycles. The Morgan fingerprint density at radius 3 is 2.57 bits per heavy atom. The summed E-state index contributed by atoms with van der Waals surface area (Å²) in [5, 5.41) is 3.81. The number of nitrogens with one attached hydrogen (secondary N) is 2. The number of hydrogen-bond donors (Lipinski definition) is 2. The Hall–Kier alpha value is -2.90. The summed E-state index contributed by atoms with van der Waals surface area (Å²) in [5.41, 5.74) is 2.55. The van der Waals surface area contributed by atoms with Crippen molar-refractivity contribution in [3.8, 4) is 0 Å². The summed E-state index contributed by atoms with van der Waals surface area (Å²) in [6.07, 6.45) is 5.80. The van der Waals surface area contributed by atoms with Crippen molar-refractivity contribution in [1.29, 1.82) is 0 Å². The molecule has 0 bridgehead atoms. The molecule has 0 atom stereocenters. The molecule has 0 spiro atoms. The largest absolute Gasteiger partial charge is 0.460 e. The number of hydrogen-bond acceptors (Lipinski definition) is 4. The highest BCUT2D eigenvalue weighted by Gasteiger charge is 2.27. The molecule has 2 aromatic carbocycles. The fraction of sp³-hybridized carbons (Fsp3) is 0.261. The molecule has 156 valence electrons. The SMILES string of the molecule is CCc1oc2ccccc2c1/C=C/C(=O)NCc1ccc(S(=O)(=O)NC2CC2)cc1. The van der Waals surface area contributed by atoms with Crippen LogP contribution in [-0.4, -0.2) is 20.4 Å². The van der Waals surface area contributed by atoms with Gasteiger partial charge in [0.1, 0.15) is 11.3 Å². The van der Waals surface area contributed by atoms with E-state index in [2.05, 4.69) is 10.0 Å². The van der Waals surface area contributed by atoms with Crippen LogP contribution in [0.2, 0.25) is 0 Å². The molecule has 1 aromatic heterocycles. The van der Waals surface area contributed by atoms with Crippen LogP contribution in [0.15, 0.2) is 63.9 Å². The first-order valence-corrected chi connectivity index (χ1v) is 11.5. The quantitative estimate of drug-likeness (QED) is 0.539. The molecular formula is C23H24N2O4S. The average Bonchev–Trinajstić information content (AvgIpc) is 3.48. The lowest BCUT2D eigenvalue weighted by atomic mass is 10.1. The highest BCUT2D eigenvalue weighted by Crippen LogP contribution is 2.27. The van der Waals surface area contributed by atoms with Gasteiger partial charge in [0.05, 0.1) is 4.90 Å². The van der Waals surface area contributed by atoms with Gasteiger partial charge in [-0.1, -0.05) is 37.3 Å². The molecule has 2 N–H and O–H groups in total. The Kier molecular flexibility index (Phi) is 5.74. The molecule has 1 amide bonds. The lowest BCUT2D eigenvalue weighted by Gasteiger charge is -2.07. The minimum atomic E-state index is -3.46. The van der Waals surface area contributed by atoms with Crippen molar-refractivity contribution < 1.29 is 17.6 Å². The maximum Gasteiger partial charge on any atom is 0.244 e. The zero-order valence-electron chi connectivity index (χ0n) is 16.7. The van der Waals surface area contributed by atoms with Crippen LogP contribution >= 0.6 is 0 Å². The van der Waals surface area contributed by atoms with Crippen molar-refractivity contribution >= 4 is 33.0 Å². The van der Waals surface area contributed by atoms with Gasteiger partial charge < -0.3 is 9.73 Å². The number of fused-ring (bicyclic) bond motifs is 1. The van der Waals surface area contributed by atoms with Gasteiger partial charge in [0.15, 0.2) is 0 Å². The fourth-order valence-corrected chi connectivity index (χ4v) is 4.55. The van der Waals surface area contributed by atoms with Gasteiger partial charge in [-0.25, -0.2) is 13.1 Å². The van der Waals surface area contributed by atoms with Crippen molar-refractivity contribution in [2.24, 2.45) is 0 Å². The minimum Gasteiger partial charge on any atom is -0.460 e. The van der Waals surface area contributed by atoms with E-state index in [0.29, 0.717) is 6.54 Å². The first-order valence-electron chi connectivity index (χ1n) is 10.0. The molecule has 0 radical (unpaired) electrons. The Labute approximate surface area is 176 Å². The number of para-hydroxylation sites is 1. The van der Waals surface area contributed by atoms with Crippen LogP contribution in [0.1, 0.15) is 36.7 Å². The summed E-state index contributed by atoms with van der Waals surface area (Å²) in [6, 6.07) is 14.4. The van der Waals surface area contributed by atoms with E-state index in [1.807, 2.05) is 31.2 Å². The van der Waals surface area contributed by atoms with Gasteiger partial charge in [-0.2, -0.15) is 0 Å². The number of aryl methyl sites for hydroxylation is 1. The maximum absolute atomic E-state index is 12.3. The molecule has 3 aromatic rings. The van der Waals surface area contributed by atoms with Crippen LogP contribution in [0.25, 0.3) is 17.0 Å². The van der Waals surface area contributed by atoms with Crippen molar-refractivity contribution in [2.75, 3.05) is 0 Å². The van der Waals surface area contributed by atoms with Gasteiger partial charge in [0.2, 0.25) is 15.9 Å². The Morgan fingerprint density at radius 1 is 1.13 bits per heavy atom. The van der Waals surface area contributed by atoms with Gasteiger partial charge in [0.25, 0.3) is 0 Å². The van der Waals surface area contributed by atoms with E-state index >= 15 is 0 Å². The van der Waals surface area contributed by atoms with Gasteiger partial charge in [-0.15, -0.1) is 0 Å². The highest BCUT2D eigenvalue weighted by molar-refractivity contribution is 7.89. The van der Waals surface area contributed by atoms with Crippen LogP contribution in [-0.2, 0) is 27.8 Å². The highest BCUT2D eigenvalue weighted by atomic mass is 32.2. The zero-order chi connectivity index (χ0) is 21.1. The van der Waals surface area contributed by atoms with Crippen molar-refractivity contribution in [2.45, 2.75) is 43.7 Å². The molecule has 6 nitrogen and oxygen atoms in total. The van der Waals surface area contributed by atoms with E-state index in [0.717, 1.165) is 47.1 Å². The Balaban J connectivity index is 1.38. The third-order valence-electron chi connectivity index (χ3n) is 5.03. The molecule has 1 fully saturated rings. The summed E-state index contributed by atoms with van der Waals surface area (Å²) in [4.78, 5) is 12.5. The molecule has 0 unspecified atom stereocenters. The topological polar surface area (TPSA) is 88.4 Å². The van der Waals surface area contributed by atoms with E-state index < -0.39 is 10.0 Å². The average molecular weight is 425 g/mol. The van der Waals surface area contributed by atoms with Crippen LogP contribution in [0.4, 0.5) is 0 Å². The summed E-state index contributed by atoms with van der Waals surface area (Å²) in [5.74, 6) is 0.617.